The summed E-state index contributed by atoms with van der Waals surface area (Å²) in [5.74, 6) is 0.763. The van der Waals surface area contributed by atoms with Gasteiger partial charge in [-0.15, -0.1) is 11.3 Å². The van der Waals surface area contributed by atoms with Crippen LogP contribution in [0.15, 0.2) is 22.5 Å². The van der Waals surface area contributed by atoms with Gasteiger partial charge in [-0.25, -0.2) is 4.99 Å². The maximum absolute atomic E-state index is 12.1. The highest BCUT2D eigenvalue weighted by molar-refractivity contribution is 7.10. The fourth-order valence-corrected chi connectivity index (χ4v) is 5.36. The molecule has 1 aromatic heterocycles. The van der Waals surface area contributed by atoms with E-state index in [0.717, 1.165) is 58.3 Å². The molecule has 2 heterocycles. The Hall–Kier alpha value is -1.64. The Bertz CT molecular complexity index is 680. The van der Waals surface area contributed by atoms with Crippen LogP contribution in [-0.4, -0.2) is 88.2 Å². The van der Waals surface area contributed by atoms with Crippen LogP contribution >= 0.6 is 11.3 Å². The van der Waals surface area contributed by atoms with Gasteiger partial charge in [-0.1, -0.05) is 25.3 Å². The van der Waals surface area contributed by atoms with Crippen molar-refractivity contribution in [3.63, 3.8) is 0 Å². The fraction of sp³-hybridized carbons (Fsp3) is 0.739. The number of nitrogens with one attached hydrogen (secondary N) is 2. The molecule has 174 valence electrons. The van der Waals surface area contributed by atoms with Gasteiger partial charge in [0.1, 0.15) is 6.54 Å². The lowest BCUT2D eigenvalue weighted by Gasteiger charge is -2.37. The zero-order valence-corrected chi connectivity index (χ0v) is 20.0. The smallest absolute Gasteiger partial charge is 0.243 e. The molecule has 1 saturated heterocycles. The largest absolute Gasteiger partial charge is 0.379 e. The number of hydrogen-bond acceptors (Lipinski definition) is 5. The molecular weight excluding hydrogens is 410 g/mol. The highest BCUT2D eigenvalue weighted by atomic mass is 32.1. The summed E-state index contributed by atoms with van der Waals surface area (Å²) in [6.07, 6.45) is 7.34. The van der Waals surface area contributed by atoms with E-state index >= 15 is 0 Å². The number of carbonyl (C=O) groups is 1. The number of carbonyl (C=O) groups excluding carboxylic acids is 1. The van der Waals surface area contributed by atoms with Gasteiger partial charge in [0.2, 0.25) is 5.91 Å². The molecule has 0 bridgehead atoms. The molecule has 0 spiro atoms. The lowest BCUT2D eigenvalue weighted by molar-refractivity contribution is -0.127. The predicted octanol–water partition coefficient (Wildman–Crippen LogP) is 2.30. The van der Waals surface area contributed by atoms with Gasteiger partial charge in [-0.3, -0.25) is 9.69 Å². The first-order valence-electron chi connectivity index (χ1n) is 11.7. The number of guanidine groups is 1. The van der Waals surface area contributed by atoms with Crippen LogP contribution in [0.4, 0.5) is 0 Å². The SMILES string of the molecule is CN(C)C(=O)CN=C(NCCCN1CCOCC1)NCC1(c2cccs2)CCCCC1. The number of hydrogen-bond donors (Lipinski definition) is 2. The summed E-state index contributed by atoms with van der Waals surface area (Å²) in [6.45, 7) is 6.61. The first-order chi connectivity index (χ1) is 15.1. The molecule has 8 heteroatoms. The number of rotatable bonds is 9. The quantitative estimate of drug-likeness (QED) is 0.344. The van der Waals surface area contributed by atoms with E-state index in [2.05, 4.69) is 38.0 Å². The van der Waals surface area contributed by atoms with Crippen molar-refractivity contribution >= 4 is 23.2 Å². The zero-order valence-electron chi connectivity index (χ0n) is 19.2. The maximum Gasteiger partial charge on any atom is 0.243 e. The molecule has 0 atom stereocenters. The van der Waals surface area contributed by atoms with E-state index in [4.69, 9.17) is 4.74 Å². The van der Waals surface area contributed by atoms with E-state index in [0.29, 0.717) is 0 Å². The van der Waals surface area contributed by atoms with Gasteiger partial charge in [0.25, 0.3) is 0 Å². The van der Waals surface area contributed by atoms with Crippen molar-refractivity contribution in [3.05, 3.63) is 22.4 Å². The number of ether oxygens (including phenoxy) is 1. The van der Waals surface area contributed by atoms with E-state index in [1.807, 2.05) is 11.3 Å². The second kappa shape index (κ2) is 12.4. The van der Waals surface area contributed by atoms with Crippen LogP contribution in [0.2, 0.25) is 0 Å². The van der Waals surface area contributed by atoms with Crippen LogP contribution in [-0.2, 0) is 14.9 Å². The Balaban J connectivity index is 1.57. The third-order valence-corrected chi connectivity index (χ3v) is 7.48. The Morgan fingerprint density at radius 1 is 1.23 bits per heavy atom. The van der Waals surface area contributed by atoms with Crippen molar-refractivity contribution in [1.82, 2.24) is 20.4 Å². The molecule has 7 nitrogen and oxygen atoms in total. The third kappa shape index (κ3) is 7.47. The zero-order chi connectivity index (χ0) is 21.9. The van der Waals surface area contributed by atoms with Gasteiger partial charge >= 0.3 is 0 Å². The van der Waals surface area contributed by atoms with E-state index in [1.165, 1.54) is 37.0 Å². The summed E-state index contributed by atoms with van der Waals surface area (Å²) in [5, 5.41) is 9.24. The molecule has 3 rings (SSSR count). The van der Waals surface area contributed by atoms with Crippen LogP contribution < -0.4 is 10.6 Å². The summed E-state index contributed by atoms with van der Waals surface area (Å²) in [5.41, 5.74) is 0.175. The summed E-state index contributed by atoms with van der Waals surface area (Å²) in [4.78, 5) is 22.2. The highest BCUT2D eigenvalue weighted by Crippen LogP contribution is 2.41. The molecule has 2 N–H and O–H groups in total. The number of morpholine rings is 1. The predicted molar refractivity (Wildman–Crippen MR) is 128 cm³/mol. The van der Waals surface area contributed by atoms with Crippen LogP contribution in [0.1, 0.15) is 43.4 Å². The van der Waals surface area contributed by atoms with Crippen molar-refractivity contribution in [3.8, 4) is 0 Å². The monoisotopic (exact) mass is 449 g/mol. The minimum Gasteiger partial charge on any atom is -0.379 e. The van der Waals surface area contributed by atoms with Gasteiger partial charge < -0.3 is 20.3 Å². The van der Waals surface area contributed by atoms with Crippen LogP contribution in [0.25, 0.3) is 0 Å². The second-order valence-electron chi connectivity index (χ2n) is 8.86. The molecule has 0 unspecified atom stereocenters. The standard InChI is InChI=1S/C23H39N5O2S/c1-27(2)21(29)18-25-22(24-11-7-12-28-13-15-30-16-14-28)26-19-23(9-4-3-5-10-23)20-8-6-17-31-20/h6,8,17H,3-5,7,9-16,18-19H2,1-2H3,(H2,24,25,26). The lowest BCUT2D eigenvalue weighted by Crippen LogP contribution is -2.47. The van der Waals surface area contributed by atoms with E-state index < -0.39 is 0 Å². The average molecular weight is 450 g/mol. The topological polar surface area (TPSA) is 69.2 Å². The Kier molecular flexibility index (Phi) is 9.61. The molecule has 1 aliphatic carbocycles. The molecule has 1 aromatic rings. The molecule has 1 saturated carbocycles. The van der Waals surface area contributed by atoms with Gasteiger partial charge in [-0.2, -0.15) is 0 Å². The lowest BCUT2D eigenvalue weighted by atomic mass is 9.73. The Morgan fingerprint density at radius 2 is 2.00 bits per heavy atom. The van der Waals surface area contributed by atoms with Crippen molar-refractivity contribution in [2.75, 3.05) is 66.6 Å². The van der Waals surface area contributed by atoms with Gasteiger partial charge in [0, 0.05) is 50.6 Å². The fourth-order valence-electron chi connectivity index (χ4n) is 4.37. The van der Waals surface area contributed by atoms with Crippen molar-refractivity contribution in [1.29, 1.82) is 0 Å². The van der Waals surface area contributed by atoms with Crippen LogP contribution in [0, 0.1) is 0 Å². The van der Waals surface area contributed by atoms with E-state index in [-0.39, 0.29) is 17.9 Å². The molecule has 0 aromatic carbocycles. The minimum absolute atomic E-state index is 0.0139. The maximum atomic E-state index is 12.1. The molecule has 0 radical (unpaired) electrons. The number of amides is 1. The van der Waals surface area contributed by atoms with E-state index in [1.54, 1.807) is 19.0 Å². The number of likely N-dealkylation sites (N-methyl/N-ethyl adjacent to an activating group) is 1. The number of nitrogens with zero attached hydrogens (tertiary/aromatic N) is 3. The summed E-state index contributed by atoms with van der Waals surface area (Å²) in [6, 6.07) is 4.44. The summed E-state index contributed by atoms with van der Waals surface area (Å²) >= 11 is 1.86. The molecule has 31 heavy (non-hydrogen) atoms. The summed E-state index contributed by atoms with van der Waals surface area (Å²) < 4.78 is 5.43. The molecular formula is C23H39N5O2S. The van der Waals surface area contributed by atoms with Gasteiger partial charge in [0.05, 0.1) is 13.2 Å². The number of thiophene rings is 1. The van der Waals surface area contributed by atoms with Gasteiger partial charge in [-0.05, 0) is 37.3 Å². The Morgan fingerprint density at radius 3 is 2.68 bits per heavy atom. The van der Waals surface area contributed by atoms with Gasteiger partial charge in [0.15, 0.2) is 5.96 Å². The molecule has 1 amide bonds. The van der Waals surface area contributed by atoms with E-state index in [9.17, 15) is 4.79 Å². The number of aliphatic imine (C=N–C) groups is 1. The summed E-state index contributed by atoms with van der Waals surface area (Å²) in [7, 11) is 3.54. The highest BCUT2D eigenvalue weighted by Gasteiger charge is 2.34. The Labute approximate surface area is 191 Å². The molecule has 1 aliphatic heterocycles. The molecule has 2 aliphatic rings. The van der Waals surface area contributed by atoms with Crippen molar-refractivity contribution < 1.29 is 9.53 Å². The third-order valence-electron chi connectivity index (χ3n) is 6.37. The normalized spacial score (nSPS) is 19.7. The van der Waals surface area contributed by atoms with Crippen molar-refractivity contribution in [2.24, 2.45) is 4.99 Å². The van der Waals surface area contributed by atoms with Crippen molar-refractivity contribution in [2.45, 2.75) is 43.9 Å². The van der Waals surface area contributed by atoms with Crippen LogP contribution in [0.5, 0.6) is 0 Å². The second-order valence-corrected chi connectivity index (χ2v) is 9.81. The van der Waals surface area contributed by atoms with Crippen LogP contribution in [0.3, 0.4) is 0 Å². The first kappa shape index (κ1) is 24.0. The minimum atomic E-state index is 0.0139. The molecule has 2 fully saturated rings. The average Bonchev–Trinajstić information content (AvgIpc) is 3.35. The first-order valence-corrected chi connectivity index (χ1v) is 12.5.